The minimum atomic E-state index is -1.15. The number of hydrazone groups is 1. The first-order chi connectivity index (χ1) is 12.3. The third-order valence-electron chi connectivity index (χ3n) is 4.61. The molecule has 2 aliphatic rings. The number of hydrogen-bond acceptors (Lipinski definition) is 6. The van der Waals surface area contributed by atoms with Crippen molar-refractivity contribution in [2.24, 2.45) is 11.0 Å². The largest absolute Gasteiger partial charge is 0.461 e. The van der Waals surface area contributed by atoms with Gasteiger partial charge in [-0.15, -0.1) is 0 Å². The SMILES string of the molecule is CCOC(=O)C1=NN(C(C)=O)[C@H]2C(=O)N(c3ccc(C)c(C)c3)C(=O)[C@@H]12. The van der Waals surface area contributed by atoms with Crippen molar-refractivity contribution in [1.29, 1.82) is 0 Å². The molecule has 136 valence electrons. The number of fused-ring (bicyclic) bond motifs is 1. The molecule has 0 unspecified atom stereocenters. The minimum Gasteiger partial charge on any atom is -0.461 e. The van der Waals surface area contributed by atoms with E-state index in [1.807, 2.05) is 19.9 Å². The van der Waals surface area contributed by atoms with Crippen molar-refractivity contribution < 1.29 is 23.9 Å². The molecule has 1 aromatic rings. The standard InChI is InChI=1S/C18H19N3O5/c1-5-26-18(25)14-13-15(21(19-14)11(4)22)17(24)20(16(13)23)12-7-6-9(2)10(3)8-12/h6-8,13,15H,5H2,1-4H3/t13-,15+/m0/s1. The number of carbonyl (C=O) groups is 4. The Kier molecular flexibility index (Phi) is 4.35. The van der Waals surface area contributed by atoms with Gasteiger partial charge in [-0.25, -0.2) is 14.7 Å². The lowest BCUT2D eigenvalue weighted by Gasteiger charge is -2.19. The van der Waals surface area contributed by atoms with Crippen LogP contribution in [0.25, 0.3) is 0 Å². The van der Waals surface area contributed by atoms with Gasteiger partial charge in [0.1, 0.15) is 5.92 Å². The number of nitrogens with zero attached hydrogens (tertiary/aromatic N) is 3. The Hall–Kier alpha value is -3.03. The first-order valence-corrected chi connectivity index (χ1v) is 8.28. The number of esters is 1. The zero-order chi connectivity index (χ0) is 19.2. The predicted octanol–water partition coefficient (Wildman–Crippen LogP) is 0.943. The van der Waals surface area contributed by atoms with Crippen LogP contribution < -0.4 is 4.90 Å². The summed E-state index contributed by atoms with van der Waals surface area (Å²) in [7, 11) is 0. The Morgan fingerprint density at radius 1 is 1.15 bits per heavy atom. The van der Waals surface area contributed by atoms with Crippen LogP contribution in [0.5, 0.6) is 0 Å². The van der Waals surface area contributed by atoms with E-state index in [0.717, 1.165) is 21.0 Å². The van der Waals surface area contributed by atoms with E-state index in [4.69, 9.17) is 4.74 Å². The molecule has 1 fully saturated rings. The molecule has 0 radical (unpaired) electrons. The summed E-state index contributed by atoms with van der Waals surface area (Å²) in [5, 5.41) is 4.81. The van der Waals surface area contributed by atoms with Gasteiger partial charge in [-0.05, 0) is 44.0 Å². The fourth-order valence-corrected chi connectivity index (χ4v) is 3.17. The Bertz CT molecular complexity index is 860. The maximum atomic E-state index is 13.0. The summed E-state index contributed by atoms with van der Waals surface area (Å²) in [6.07, 6.45) is 0. The molecule has 8 nitrogen and oxygen atoms in total. The first kappa shape index (κ1) is 17.8. The molecule has 2 atom stereocenters. The van der Waals surface area contributed by atoms with E-state index >= 15 is 0 Å². The van der Waals surface area contributed by atoms with Gasteiger partial charge in [0, 0.05) is 6.92 Å². The van der Waals surface area contributed by atoms with Gasteiger partial charge in [0.15, 0.2) is 11.8 Å². The van der Waals surface area contributed by atoms with Gasteiger partial charge in [0.2, 0.25) is 11.8 Å². The van der Waals surface area contributed by atoms with Crippen LogP contribution in [0.15, 0.2) is 23.3 Å². The molecule has 0 spiro atoms. The van der Waals surface area contributed by atoms with Crippen molar-refractivity contribution in [3.8, 4) is 0 Å². The Morgan fingerprint density at radius 2 is 1.85 bits per heavy atom. The summed E-state index contributed by atoms with van der Waals surface area (Å²) in [5.74, 6) is -3.64. The van der Waals surface area contributed by atoms with Gasteiger partial charge in [0.25, 0.3) is 5.91 Å². The quantitative estimate of drug-likeness (QED) is 0.593. The fraction of sp³-hybridized carbons (Fsp3) is 0.389. The van der Waals surface area contributed by atoms with Crippen LogP contribution in [0.2, 0.25) is 0 Å². The third kappa shape index (κ3) is 2.58. The highest BCUT2D eigenvalue weighted by Crippen LogP contribution is 2.36. The summed E-state index contributed by atoms with van der Waals surface area (Å²) in [5.41, 5.74) is 2.14. The zero-order valence-electron chi connectivity index (χ0n) is 15.0. The van der Waals surface area contributed by atoms with Crippen molar-refractivity contribution in [2.45, 2.75) is 33.7 Å². The van der Waals surface area contributed by atoms with Gasteiger partial charge in [-0.2, -0.15) is 5.10 Å². The molecule has 0 N–H and O–H groups in total. The molecule has 2 heterocycles. The maximum Gasteiger partial charge on any atom is 0.355 e. The van der Waals surface area contributed by atoms with E-state index in [1.54, 1.807) is 19.1 Å². The zero-order valence-corrected chi connectivity index (χ0v) is 15.0. The van der Waals surface area contributed by atoms with Gasteiger partial charge in [-0.3, -0.25) is 14.4 Å². The van der Waals surface area contributed by atoms with E-state index in [2.05, 4.69) is 5.10 Å². The molecule has 3 rings (SSSR count). The normalized spacial score (nSPS) is 21.8. The molecule has 0 saturated carbocycles. The van der Waals surface area contributed by atoms with Crippen molar-refractivity contribution in [2.75, 3.05) is 11.5 Å². The molecular formula is C18H19N3O5. The first-order valence-electron chi connectivity index (χ1n) is 8.28. The van der Waals surface area contributed by atoms with E-state index < -0.39 is 35.7 Å². The van der Waals surface area contributed by atoms with Gasteiger partial charge >= 0.3 is 5.97 Å². The van der Waals surface area contributed by atoms with E-state index in [9.17, 15) is 19.2 Å². The van der Waals surface area contributed by atoms with Crippen LogP contribution in [-0.4, -0.2) is 47.1 Å². The molecule has 0 aliphatic carbocycles. The summed E-state index contributed by atoms with van der Waals surface area (Å²) < 4.78 is 4.93. The van der Waals surface area contributed by atoms with E-state index in [1.165, 1.54) is 6.92 Å². The van der Waals surface area contributed by atoms with Gasteiger partial charge < -0.3 is 4.74 Å². The smallest absolute Gasteiger partial charge is 0.355 e. The van der Waals surface area contributed by atoms with Gasteiger partial charge in [0.05, 0.1) is 12.3 Å². The number of aryl methyl sites for hydroxylation is 2. The monoisotopic (exact) mass is 357 g/mol. The number of imide groups is 1. The van der Waals surface area contributed by atoms with Crippen molar-refractivity contribution in [3.05, 3.63) is 29.3 Å². The Morgan fingerprint density at radius 3 is 2.42 bits per heavy atom. The Balaban J connectivity index is 2.05. The number of benzene rings is 1. The lowest BCUT2D eigenvalue weighted by molar-refractivity contribution is -0.136. The number of ether oxygens (including phenoxy) is 1. The lowest BCUT2D eigenvalue weighted by atomic mass is 9.98. The molecule has 3 amide bonds. The average molecular weight is 357 g/mol. The van der Waals surface area contributed by atoms with Crippen LogP contribution in [0, 0.1) is 19.8 Å². The molecule has 1 saturated heterocycles. The molecule has 26 heavy (non-hydrogen) atoms. The molecule has 0 bridgehead atoms. The number of carbonyl (C=O) groups excluding carboxylic acids is 4. The predicted molar refractivity (Wildman–Crippen MR) is 92.3 cm³/mol. The minimum absolute atomic E-state index is 0.0956. The van der Waals surface area contributed by atoms with Crippen LogP contribution in [0.3, 0.4) is 0 Å². The molecule has 0 aromatic heterocycles. The fourth-order valence-electron chi connectivity index (χ4n) is 3.17. The molecule has 8 heteroatoms. The van der Waals surface area contributed by atoms with Crippen molar-refractivity contribution in [1.82, 2.24) is 5.01 Å². The Labute approximate surface area is 150 Å². The highest BCUT2D eigenvalue weighted by Gasteiger charge is 2.59. The van der Waals surface area contributed by atoms with Crippen molar-refractivity contribution >= 4 is 35.1 Å². The van der Waals surface area contributed by atoms with Crippen LogP contribution in [0.4, 0.5) is 5.69 Å². The van der Waals surface area contributed by atoms with Gasteiger partial charge in [-0.1, -0.05) is 6.07 Å². The second-order valence-corrected chi connectivity index (χ2v) is 6.27. The second kappa shape index (κ2) is 6.36. The number of amides is 3. The number of anilines is 1. The van der Waals surface area contributed by atoms with Crippen LogP contribution >= 0.6 is 0 Å². The molecule has 2 aliphatic heterocycles. The van der Waals surface area contributed by atoms with E-state index in [0.29, 0.717) is 5.69 Å². The number of hydrogen-bond donors (Lipinski definition) is 0. The summed E-state index contributed by atoms with van der Waals surface area (Å²) >= 11 is 0. The second-order valence-electron chi connectivity index (χ2n) is 6.27. The highest BCUT2D eigenvalue weighted by molar-refractivity contribution is 6.47. The molecule has 1 aromatic carbocycles. The summed E-state index contributed by atoms with van der Waals surface area (Å²) in [4.78, 5) is 51.0. The van der Waals surface area contributed by atoms with Crippen molar-refractivity contribution in [3.63, 3.8) is 0 Å². The lowest BCUT2D eigenvalue weighted by Crippen LogP contribution is -2.41. The summed E-state index contributed by atoms with van der Waals surface area (Å²) in [6.45, 7) is 6.74. The highest BCUT2D eigenvalue weighted by atomic mass is 16.5. The number of rotatable bonds is 3. The van der Waals surface area contributed by atoms with E-state index in [-0.39, 0.29) is 12.3 Å². The topological polar surface area (TPSA) is 96.3 Å². The molecular weight excluding hydrogens is 338 g/mol. The summed E-state index contributed by atoms with van der Waals surface area (Å²) in [6, 6.07) is 4.05. The van der Waals surface area contributed by atoms with Crippen LogP contribution in [0.1, 0.15) is 25.0 Å². The van der Waals surface area contributed by atoms with Crippen LogP contribution in [-0.2, 0) is 23.9 Å². The average Bonchev–Trinajstić information content (AvgIpc) is 3.09. The third-order valence-corrected chi connectivity index (χ3v) is 4.61. The maximum absolute atomic E-state index is 13.0.